The quantitative estimate of drug-likeness (QED) is 0.714. The second-order valence-corrected chi connectivity index (χ2v) is 5.77. The lowest BCUT2D eigenvalue weighted by Gasteiger charge is -2.17. The Balaban J connectivity index is 2.46. The lowest BCUT2D eigenvalue weighted by Crippen LogP contribution is -2.37. The van der Waals surface area contributed by atoms with Gasteiger partial charge >= 0.3 is 5.97 Å². The number of benzene rings is 1. The van der Waals surface area contributed by atoms with E-state index in [1.54, 1.807) is 6.07 Å². The van der Waals surface area contributed by atoms with Crippen molar-refractivity contribution in [2.24, 2.45) is 0 Å². The average Bonchev–Trinajstić information content (AvgIpc) is 2.48. The van der Waals surface area contributed by atoms with Gasteiger partial charge in [0.1, 0.15) is 6.61 Å². The van der Waals surface area contributed by atoms with Gasteiger partial charge in [-0.2, -0.15) is 0 Å². The first kappa shape index (κ1) is 19.1. The molecule has 0 aliphatic rings. The van der Waals surface area contributed by atoms with E-state index in [0.717, 1.165) is 10.0 Å². The van der Waals surface area contributed by atoms with E-state index in [4.69, 9.17) is 4.74 Å². The number of halogens is 1. The predicted octanol–water partition coefficient (Wildman–Crippen LogP) is 1.34. The molecule has 1 aromatic carbocycles. The van der Waals surface area contributed by atoms with E-state index in [0.29, 0.717) is 5.69 Å². The van der Waals surface area contributed by atoms with Crippen LogP contribution in [0.25, 0.3) is 0 Å². The fourth-order valence-electron chi connectivity index (χ4n) is 1.67. The fraction of sp³-hybridized carbons (Fsp3) is 0.400. The van der Waals surface area contributed by atoms with Gasteiger partial charge in [-0.15, -0.1) is 0 Å². The molecule has 0 saturated heterocycles. The lowest BCUT2D eigenvalue weighted by atomic mass is 10.2. The van der Waals surface area contributed by atoms with Crippen LogP contribution in [0.2, 0.25) is 0 Å². The predicted molar refractivity (Wildman–Crippen MR) is 88.0 cm³/mol. The van der Waals surface area contributed by atoms with Crippen LogP contribution in [0.3, 0.4) is 0 Å². The normalized spacial score (nSPS) is 10.1. The number of likely N-dealkylation sites (N-methyl/N-ethyl adjacent to an activating group) is 1. The smallest absolute Gasteiger partial charge is 0.332 e. The molecule has 0 fully saturated rings. The number of rotatable bonds is 7. The number of carbonyl (C=O) groups is 3. The summed E-state index contributed by atoms with van der Waals surface area (Å²) in [6.07, 6.45) is 0. The minimum Gasteiger partial charge on any atom is -0.454 e. The zero-order valence-electron chi connectivity index (χ0n) is 13.2. The standard InChI is InChI=1S/C15H19BrN2O5/c1-10-6-11(16)4-5-12(10)17-13(19)7-18(2)14(20)8-23-15(21)9-22-3/h4-6H,7-9H2,1-3H3,(H,17,19). The molecule has 0 spiro atoms. The summed E-state index contributed by atoms with van der Waals surface area (Å²) in [4.78, 5) is 36.0. The number of anilines is 1. The van der Waals surface area contributed by atoms with Gasteiger partial charge < -0.3 is 19.7 Å². The summed E-state index contributed by atoms with van der Waals surface area (Å²) < 4.78 is 10.2. The van der Waals surface area contributed by atoms with Crippen molar-refractivity contribution in [3.05, 3.63) is 28.2 Å². The SMILES string of the molecule is COCC(=O)OCC(=O)N(C)CC(=O)Nc1ccc(Br)cc1C. The molecule has 2 amide bonds. The molecule has 0 bridgehead atoms. The Labute approximate surface area is 143 Å². The fourth-order valence-corrected chi connectivity index (χ4v) is 2.15. The third-order valence-electron chi connectivity index (χ3n) is 2.89. The highest BCUT2D eigenvalue weighted by molar-refractivity contribution is 9.10. The van der Waals surface area contributed by atoms with Gasteiger partial charge in [0, 0.05) is 24.3 Å². The maximum Gasteiger partial charge on any atom is 0.332 e. The molecule has 0 aliphatic carbocycles. The number of carbonyl (C=O) groups excluding carboxylic acids is 3. The molecule has 126 valence electrons. The second-order valence-electron chi connectivity index (χ2n) is 4.85. The van der Waals surface area contributed by atoms with Crippen molar-refractivity contribution in [2.75, 3.05) is 39.2 Å². The lowest BCUT2D eigenvalue weighted by molar-refractivity contribution is -0.154. The van der Waals surface area contributed by atoms with E-state index in [-0.39, 0.29) is 19.1 Å². The number of methoxy groups -OCH3 is 1. The number of esters is 1. The third-order valence-corrected chi connectivity index (χ3v) is 3.38. The Morgan fingerprint density at radius 2 is 1.96 bits per heavy atom. The summed E-state index contributed by atoms with van der Waals surface area (Å²) in [5.74, 6) is -1.45. The van der Waals surface area contributed by atoms with Crippen molar-refractivity contribution in [1.82, 2.24) is 4.90 Å². The van der Waals surface area contributed by atoms with E-state index in [1.165, 1.54) is 19.1 Å². The summed E-state index contributed by atoms with van der Waals surface area (Å²) in [5.41, 5.74) is 1.57. The average molecular weight is 387 g/mol. The summed E-state index contributed by atoms with van der Waals surface area (Å²) in [5, 5.41) is 2.73. The highest BCUT2D eigenvalue weighted by atomic mass is 79.9. The van der Waals surface area contributed by atoms with Crippen LogP contribution in [0.15, 0.2) is 22.7 Å². The molecule has 0 radical (unpaired) electrons. The van der Waals surface area contributed by atoms with Gasteiger partial charge in [-0.3, -0.25) is 9.59 Å². The molecular weight excluding hydrogens is 368 g/mol. The molecule has 7 nitrogen and oxygen atoms in total. The summed E-state index contributed by atoms with van der Waals surface area (Å²) in [6, 6.07) is 5.46. The van der Waals surface area contributed by atoms with Gasteiger partial charge in [-0.05, 0) is 30.7 Å². The number of aryl methyl sites for hydroxylation is 1. The summed E-state index contributed by atoms with van der Waals surface area (Å²) in [6.45, 7) is 1.07. The van der Waals surface area contributed by atoms with Gasteiger partial charge in [0.05, 0.1) is 6.54 Å². The van der Waals surface area contributed by atoms with Crippen LogP contribution >= 0.6 is 15.9 Å². The van der Waals surface area contributed by atoms with Crippen molar-refractivity contribution in [2.45, 2.75) is 6.92 Å². The van der Waals surface area contributed by atoms with Gasteiger partial charge in [-0.1, -0.05) is 15.9 Å². The number of nitrogens with zero attached hydrogens (tertiary/aromatic N) is 1. The van der Waals surface area contributed by atoms with E-state index in [1.807, 2.05) is 19.1 Å². The zero-order valence-corrected chi connectivity index (χ0v) is 14.8. The number of amides is 2. The maximum absolute atomic E-state index is 12.0. The van der Waals surface area contributed by atoms with Crippen molar-refractivity contribution in [3.8, 4) is 0 Å². The van der Waals surface area contributed by atoms with Gasteiger partial charge in [0.25, 0.3) is 5.91 Å². The van der Waals surface area contributed by atoms with Crippen LogP contribution in [-0.2, 0) is 23.9 Å². The van der Waals surface area contributed by atoms with E-state index < -0.39 is 18.5 Å². The molecule has 8 heteroatoms. The molecule has 0 aromatic heterocycles. The van der Waals surface area contributed by atoms with Gasteiger partial charge in [0.2, 0.25) is 5.91 Å². The van der Waals surface area contributed by atoms with Crippen LogP contribution in [0, 0.1) is 6.92 Å². The van der Waals surface area contributed by atoms with Crippen LogP contribution < -0.4 is 5.32 Å². The first-order chi connectivity index (χ1) is 10.8. The Morgan fingerprint density at radius 3 is 2.57 bits per heavy atom. The first-order valence-corrected chi connectivity index (χ1v) is 7.57. The topological polar surface area (TPSA) is 84.9 Å². The molecule has 0 atom stereocenters. The van der Waals surface area contributed by atoms with Crippen LogP contribution in [0.1, 0.15) is 5.56 Å². The Kier molecular flexibility index (Phi) is 7.70. The van der Waals surface area contributed by atoms with Crippen molar-refractivity contribution in [1.29, 1.82) is 0 Å². The van der Waals surface area contributed by atoms with E-state index in [2.05, 4.69) is 26.0 Å². The molecule has 0 saturated carbocycles. The molecule has 0 heterocycles. The third kappa shape index (κ3) is 6.79. The second kappa shape index (κ2) is 9.26. The highest BCUT2D eigenvalue weighted by Gasteiger charge is 2.15. The minimum atomic E-state index is -0.635. The molecule has 1 rings (SSSR count). The Hall–Kier alpha value is -1.93. The molecule has 0 unspecified atom stereocenters. The largest absolute Gasteiger partial charge is 0.454 e. The van der Waals surface area contributed by atoms with Crippen LogP contribution in [0.5, 0.6) is 0 Å². The van der Waals surface area contributed by atoms with E-state index >= 15 is 0 Å². The molecular formula is C15H19BrN2O5. The zero-order chi connectivity index (χ0) is 17.4. The van der Waals surface area contributed by atoms with Gasteiger partial charge in [0.15, 0.2) is 6.61 Å². The number of ether oxygens (including phenoxy) is 2. The molecule has 23 heavy (non-hydrogen) atoms. The highest BCUT2D eigenvalue weighted by Crippen LogP contribution is 2.19. The monoisotopic (exact) mass is 386 g/mol. The number of hydrogen-bond acceptors (Lipinski definition) is 5. The Morgan fingerprint density at radius 1 is 1.26 bits per heavy atom. The summed E-state index contributed by atoms with van der Waals surface area (Å²) >= 11 is 3.35. The number of nitrogens with one attached hydrogen (secondary N) is 1. The minimum absolute atomic E-state index is 0.143. The van der Waals surface area contributed by atoms with E-state index in [9.17, 15) is 14.4 Å². The van der Waals surface area contributed by atoms with Crippen molar-refractivity contribution >= 4 is 39.4 Å². The molecule has 1 N–H and O–H groups in total. The number of hydrogen-bond donors (Lipinski definition) is 1. The van der Waals surface area contributed by atoms with Gasteiger partial charge in [-0.25, -0.2) is 4.79 Å². The summed E-state index contributed by atoms with van der Waals surface area (Å²) in [7, 11) is 2.81. The van der Waals surface area contributed by atoms with Crippen LogP contribution in [-0.4, -0.2) is 56.6 Å². The maximum atomic E-state index is 12.0. The molecule has 1 aromatic rings. The Bertz CT molecular complexity index is 591. The molecule has 0 aliphatic heterocycles. The first-order valence-electron chi connectivity index (χ1n) is 6.78. The van der Waals surface area contributed by atoms with Crippen molar-refractivity contribution in [3.63, 3.8) is 0 Å². The van der Waals surface area contributed by atoms with Crippen LogP contribution in [0.4, 0.5) is 5.69 Å². The van der Waals surface area contributed by atoms with Crippen molar-refractivity contribution < 1.29 is 23.9 Å².